The number of aryl methyl sites for hydroxylation is 2. The number of hydrogen-bond acceptors (Lipinski definition) is 6. The van der Waals surface area contributed by atoms with Crippen LogP contribution in [0.3, 0.4) is 0 Å². The van der Waals surface area contributed by atoms with Crippen molar-refractivity contribution in [1.29, 1.82) is 0 Å². The SMILES string of the molecule is Cc1cc(C)c2c(N)c(C(=O)OCC(=O)NC3CCCCC3C)sc2n1. The number of nitrogens with zero attached hydrogens (tertiary/aromatic N) is 1. The van der Waals surface area contributed by atoms with Gasteiger partial charge in [-0.3, -0.25) is 4.79 Å². The number of thiophene rings is 1. The molecule has 2 aromatic heterocycles. The molecule has 140 valence electrons. The van der Waals surface area contributed by atoms with Gasteiger partial charge < -0.3 is 15.8 Å². The minimum absolute atomic E-state index is 0.166. The number of anilines is 1. The summed E-state index contributed by atoms with van der Waals surface area (Å²) in [5, 5.41) is 3.76. The van der Waals surface area contributed by atoms with Crippen molar-refractivity contribution in [3.05, 3.63) is 22.2 Å². The Kier molecular flexibility index (Phi) is 5.46. The number of amides is 1. The molecule has 2 unspecified atom stereocenters. The maximum atomic E-state index is 12.4. The van der Waals surface area contributed by atoms with Crippen molar-refractivity contribution in [2.45, 2.75) is 52.5 Å². The quantitative estimate of drug-likeness (QED) is 0.799. The first kappa shape index (κ1) is 18.6. The molecule has 1 aliphatic rings. The third-order valence-corrected chi connectivity index (χ3v) is 6.08. The van der Waals surface area contributed by atoms with Crippen LogP contribution in [0.2, 0.25) is 0 Å². The summed E-state index contributed by atoms with van der Waals surface area (Å²) < 4.78 is 5.20. The highest BCUT2D eigenvalue weighted by Crippen LogP contribution is 2.35. The van der Waals surface area contributed by atoms with Gasteiger partial charge in [-0.25, -0.2) is 9.78 Å². The highest BCUT2D eigenvalue weighted by atomic mass is 32.1. The summed E-state index contributed by atoms with van der Waals surface area (Å²) in [5.41, 5.74) is 8.36. The van der Waals surface area contributed by atoms with Gasteiger partial charge in [0.15, 0.2) is 6.61 Å². The minimum atomic E-state index is -0.575. The average Bonchev–Trinajstić information content (AvgIpc) is 2.91. The first-order chi connectivity index (χ1) is 12.4. The summed E-state index contributed by atoms with van der Waals surface area (Å²) in [6.07, 6.45) is 4.43. The predicted molar refractivity (Wildman–Crippen MR) is 103 cm³/mol. The fraction of sp³-hybridized carbons (Fsp3) is 0.526. The van der Waals surface area contributed by atoms with E-state index >= 15 is 0 Å². The number of ether oxygens (including phenoxy) is 1. The van der Waals surface area contributed by atoms with Crippen LogP contribution in [0.15, 0.2) is 6.07 Å². The van der Waals surface area contributed by atoms with Gasteiger partial charge in [0.1, 0.15) is 9.71 Å². The fourth-order valence-electron chi connectivity index (χ4n) is 3.60. The Labute approximate surface area is 157 Å². The van der Waals surface area contributed by atoms with Gasteiger partial charge in [-0.2, -0.15) is 0 Å². The molecule has 2 atom stereocenters. The van der Waals surface area contributed by atoms with Crippen LogP contribution in [0.25, 0.3) is 10.2 Å². The summed E-state index contributed by atoms with van der Waals surface area (Å²) in [6.45, 7) is 5.69. The monoisotopic (exact) mass is 375 g/mol. The number of hydrogen-bond donors (Lipinski definition) is 2. The zero-order valence-corrected chi connectivity index (χ0v) is 16.2. The second-order valence-electron chi connectivity index (χ2n) is 7.12. The molecule has 0 spiro atoms. The number of carbonyl (C=O) groups is 2. The van der Waals surface area contributed by atoms with Gasteiger partial charge in [0.25, 0.3) is 5.91 Å². The standard InChI is InChI=1S/C19H25N3O3S/c1-10-6-4-5-7-13(10)22-14(23)9-25-19(24)17-16(20)15-11(2)8-12(3)21-18(15)26-17/h8,10,13H,4-7,9,20H2,1-3H3,(H,22,23). The molecule has 0 radical (unpaired) electrons. The fourth-order valence-corrected chi connectivity index (χ4v) is 4.71. The number of pyridine rings is 1. The van der Waals surface area contributed by atoms with Crippen LogP contribution in [0.1, 0.15) is 53.5 Å². The van der Waals surface area contributed by atoms with Crippen molar-refractivity contribution in [3.8, 4) is 0 Å². The zero-order valence-electron chi connectivity index (χ0n) is 15.4. The Morgan fingerprint density at radius 2 is 2.08 bits per heavy atom. The molecule has 3 rings (SSSR count). The highest BCUT2D eigenvalue weighted by Gasteiger charge is 2.24. The lowest BCUT2D eigenvalue weighted by Gasteiger charge is -2.29. The molecule has 1 amide bonds. The molecule has 1 aliphatic carbocycles. The maximum absolute atomic E-state index is 12.4. The average molecular weight is 375 g/mol. The number of nitrogens with two attached hydrogens (primary N) is 1. The molecule has 2 heterocycles. The number of carbonyl (C=O) groups excluding carboxylic acids is 2. The lowest BCUT2D eigenvalue weighted by Crippen LogP contribution is -2.42. The van der Waals surface area contributed by atoms with Crippen molar-refractivity contribution in [2.75, 3.05) is 12.3 Å². The van der Waals surface area contributed by atoms with E-state index < -0.39 is 5.97 Å². The van der Waals surface area contributed by atoms with Crippen LogP contribution < -0.4 is 11.1 Å². The Morgan fingerprint density at radius 3 is 2.81 bits per heavy atom. The summed E-state index contributed by atoms with van der Waals surface area (Å²) in [6, 6.07) is 2.10. The van der Waals surface area contributed by atoms with Crippen LogP contribution in [-0.2, 0) is 9.53 Å². The highest BCUT2D eigenvalue weighted by molar-refractivity contribution is 7.21. The van der Waals surface area contributed by atoms with Gasteiger partial charge in [0.2, 0.25) is 0 Å². The van der Waals surface area contributed by atoms with Crippen molar-refractivity contribution < 1.29 is 14.3 Å². The van der Waals surface area contributed by atoms with Gasteiger partial charge >= 0.3 is 5.97 Å². The molecule has 1 saturated carbocycles. The molecule has 3 N–H and O–H groups in total. The Morgan fingerprint density at radius 1 is 1.35 bits per heavy atom. The van der Waals surface area contributed by atoms with Gasteiger partial charge in [-0.15, -0.1) is 11.3 Å². The number of fused-ring (bicyclic) bond motifs is 1. The lowest BCUT2D eigenvalue weighted by atomic mass is 9.86. The van der Waals surface area contributed by atoms with E-state index in [1.54, 1.807) is 0 Å². The van der Waals surface area contributed by atoms with E-state index in [4.69, 9.17) is 10.5 Å². The van der Waals surface area contributed by atoms with E-state index in [-0.39, 0.29) is 18.6 Å². The first-order valence-corrected chi connectivity index (χ1v) is 9.81. The second-order valence-corrected chi connectivity index (χ2v) is 8.12. The van der Waals surface area contributed by atoms with Crippen LogP contribution in [0.4, 0.5) is 5.69 Å². The summed E-state index contributed by atoms with van der Waals surface area (Å²) in [4.78, 5) is 30.0. The lowest BCUT2D eigenvalue weighted by molar-refractivity contribution is -0.125. The van der Waals surface area contributed by atoms with E-state index in [0.717, 1.165) is 35.9 Å². The number of rotatable bonds is 4. The third kappa shape index (κ3) is 3.82. The Hall–Kier alpha value is -2.15. The molecular weight excluding hydrogens is 350 g/mol. The molecule has 0 saturated heterocycles. The van der Waals surface area contributed by atoms with Crippen molar-refractivity contribution in [1.82, 2.24) is 10.3 Å². The molecule has 26 heavy (non-hydrogen) atoms. The molecule has 0 aliphatic heterocycles. The van der Waals surface area contributed by atoms with Crippen molar-refractivity contribution in [2.24, 2.45) is 5.92 Å². The molecule has 2 aromatic rings. The minimum Gasteiger partial charge on any atom is -0.451 e. The zero-order chi connectivity index (χ0) is 18.8. The largest absolute Gasteiger partial charge is 0.451 e. The molecule has 0 bridgehead atoms. The first-order valence-electron chi connectivity index (χ1n) is 8.99. The maximum Gasteiger partial charge on any atom is 0.351 e. The number of esters is 1. The van der Waals surface area contributed by atoms with Gasteiger partial charge in [-0.1, -0.05) is 19.8 Å². The summed E-state index contributed by atoms with van der Waals surface area (Å²) in [5.74, 6) is -0.379. The number of nitrogens with one attached hydrogen (secondary N) is 1. The van der Waals surface area contributed by atoms with E-state index in [9.17, 15) is 9.59 Å². The van der Waals surface area contributed by atoms with Gasteiger partial charge in [0, 0.05) is 17.1 Å². The second kappa shape index (κ2) is 7.61. The molecule has 7 heteroatoms. The van der Waals surface area contributed by atoms with Crippen LogP contribution in [0, 0.1) is 19.8 Å². The molecule has 6 nitrogen and oxygen atoms in total. The van der Waals surface area contributed by atoms with Crippen LogP contribution >= 0.6 is 11.3 Å². The summed E-state index contributed by atoms with van der Waals surface area (Å²) in [7, 11) is 0. The van der Waals surface area contributed by atoms with Gasteiger partial charge in [0.05, 0.1) is 5.69 Å². The Bertz CT molecular complexity index is 846. The topological polar surface area (TPSA) is 94.3 Å². The number of nitrogen functional groups attached to an aromatic ring is 1. The van der Waals surface area contributed by atoms with Gasteiger partial charge in [-0.05, 0) is 44.2 Å². The normalized spacial score (nSPS) is 20.1. The van der Waals surface area contributed by atoms with E-state index in [0.29, 0.717) is 21.3 Å². The predicted octanol–water partition coefficient (Wildman–Crippen LogP) is 3.35. The smallest absolute Gasteiger partial charge is 0.351 e. The Balaban J connectivity index is 1.65. The van der Waals surface area contributed by atoms with Crippen molar-refractivity contribution in [3.63, 3.8) is 0 Å². The molecule has 1 fully saturated rings. The van der Waals surface area contributed by atoms with Crippen molar-refractivity contribution >= 4 is 39.1 Å². The molecular formula is C19H25N3O3S. The summed E-state index contributed by atoms with van der Waals surface area (Å²) >= 11 is 1.21. The van der Waals surface area contributed by atoms with Crippen LogP contribution in [-0.4, -0.2) is 29.5 Å². The molecule has 0 aromatic carbocycles. The van der Waals surface area contributed by atoms with E-state index in [2.05, 4.69) is 17.2 Å². The number of aromatic nitrogens is 1. The van der Waals surface area contributed by atoms with Crippen LogP contribution in [0.5, 0.6) is 0 Å². The third-order valence-electron chi connectivity index (χ3n) is 5.00. The van der Waals surface area contributed by atoms with E-state index in [1.807, 2.05) is 19.9 Å². The van der Waals surface area contributed by atoms with E-state index in [1.165, 1.54) is 17.8 Å².